The molecule has 0 atom stereocenters. The maximum absolute atomic E-state index is 12.0. The number of carbonyl (C=O) groups excluding carboxylic acids is 2. The Morgan fingerprint density at radius 2 is 1.70 bits per heavy atom. The van der Waals surface area contributed by atoms with Crippen LogP contribution in [0.1, 0.15) is 17.3 Å². The molecule has 0 fully saturated rings. The zero-order chi connectivity index (χ0) is 15.1. The lowest BCUT2D eigenvalue weighted by Gasteiger charge is -2.11. The standard InChI is InChI=1S/C13H17BrN2O4/c1-4-15-11(17)7-16-13(18)8-5-9(19-2)12(14)10(6-8)20-3/h5-6H,4,7H2,1-3H3,(H,15,17)(H,16,18). The van der Waals surface area contributed by atoms with Gasteiger partial charge in [0.2, 0.25) is 5.91 Å². The van der Waals surface area contributed by atoms with E-state index in [0.717, 1.165) is 0 Å². The van der Waals surface area contributed by atoms with Gasteiger partial charge in [-0.3, -0.25) is 9.59 Å². The summed E-state index contributed by atoms with van der Waals surface area (Å²) in [6.07, 6.45) is 0. The largest absolute Gasteiger partial charge is 0.495 e. The van der Waals surface area contributed by atoms with E-state index in [9.17, 15) is 9.59 Å². The maximum atomic E-state index is 12.0. The van der Waals surface area contributed by atoms with E-state index in [4.69, 9.17) is 9.47 Å². The molecule has 20 heavy (non-hydrogen) atoms. The summed E-state index contributed by atoms with van der Waals surface area (Å²) in [6.45, 7) is 2.26. The van der Waals surface area contributed by atoms with E-state index < -0.39 is 0 Å². The lowest BCUT2D eigenvalue weighted by atomic mass is 10.2. The quantitative estimate of drug-likeness (QED) is 0.816. The molecule has 1 aromatic rings. The molecule has 2 N–H and O–H groups in total. The molecule has 0 saturated heterocycles. The smallest absolute Gasteiger partial charge is 0.251 e. The predicted molar refractivity (Wildman–Crippen MR) is 78.3 cm³/mol. The molecule has 0 unspecified atom stereocenters. The number of benzene rings is 1. The average Bonchev–Trinajstić information content (AvgIpc) is 2.45. The van der Waals surface area contributed by atoms with Crippen molar-refractivity contribution in [1.82, 2.24) is 10.6 Å². The third-order valence-electron chi connectivity index (χ3n) is 2.49. The first-order valence-corrected chi connectivity index (χ1v) is 6.79. The molecule has 2 amide bonds. The Balaban J connectivity index is 2.85. The fourth-order valence-electron chi connectivity index (χ4n) is 1.52. The molecular weight excluding hydrogens is 328 g/mol. The summed E-state index contributed by atoms with van der Waals surface area (Å²) in [5, 5.41) is 5.12. The Hall–Kier alpha value is -1.76. The van der Waals surface area contributed by atoms with Gasteiger partial charge in [0.15, 0.2) is 0 Å². The van der Waals surface area contributed by atoms with Gasteiger partial charge in [0.05, 0.1) is 20.8 Å². The normalized spacial score (nSPS) is 9.80. The van der Waals surface area contributed by atoms with E-state index in [-0.39, 0.29) is 18.4 Å². The third-order valence-corrected chi connectivity index (χ3v) is 3.27. The number of halogens is 1. The molecule has 7 heteroatoms. The van der Waals surface area contributed by atoms with Crippen LogP contribution >= 0.6 is 15.9 Å². The van der Waals surface area contributed by atoms with Gasteiger partial charge < -0.3 is 20.1 Å². The van der Waals surface area contributed by atoms with Gasteiger partial charge in [-0.05, 0) is 35.0 Å². The van der Waals surface area contributed by atoms with Crippen LogP contribution in [0.2, 0.25) is 0 Å². The molecule has 0 spiro atoms. The number of amides is 2. The Kier molecular flexibility index (Phi) is 6.30. The van der Waals surface area contributed by atoms with Gasteiger partial charge in [0.25, 0.3) is 5.91 Å². The van der Waals surface area contributed by atoms with Gasteiger partial charge in [-0.15, -0.1) is 0 Å². The molecule has 0 aliphatic rings. The van der Waals surface area contributed by atoms with Gasteiger partial charge in [-0.2, -0.15) is 0 Å². The molecule has 0 aliphatic heterocycles. The molecular formula is C13H17BrN2O4. The molecule has 1 aromatic carbocycles. The van der Waals surface area contributed by atoms with Crippen LogP contribution in [0.15, 0.2) is 16.6 Å². The van der Waals surface area contributed by atoms with Crippen molar-refractivity contribution in [2.75, 3.05) is 27.3 Å². The summed E-state index contributed by atoms with van der Waals surface area (Å²) in [5.74, 6) is 0.345. The summed E-state index contributed by atoms with van der Waals surface area (Å²) in [4.78, 5) is 23.3. The number of likely N-dealkylation sites (N-methyl/N-ethyl adjacent to an activating group) is 1. The zero-order valence-electron chi connectivity index (χ0n) is 11.6. The molecule has 0 saturated carbocycles. The highest BCUT2D eigenvalue weighted by atomic mass is 79.9. The van der Waals surface area contributed by atoms with Crippen molar-refractivity contribution in [3.63, 3.8) is 0 Å². The van der Waals surface area contributed by atoms with Crippen molar-refractivity contribution in [2.24, 2.45) is 0 Å². The van der Waals surface area contributed by atoms with Crippen molar-refractivity contribution < 1.29 is 19.1 Å². The number of rotatable bonds is 6. The Bertz CT molecular complexity index is 480. The molecule has 0 aromatic heterocycles. The molecule has 6 nitrogen and oxygen atoms in total. The van der Waals surface area contributed by atoms with Crippen LogP contribution in [0.5, 0.6) is 11.5 Å². The number of nitrogens with one attached hydrogen (secondary N) is 2. The second-order valence-electron chi connectivity index (χ2n) is 3.83. The summed E-state index contributed by atoms with van der Waals surface area (Å²) in [5.41, 5.74) is 0.353. The highest BCUT2D eigenvalue weighted by molar-refractivity contribution is 9.10. The van der Waals surface area contributed by atoms with Crippen LogP contribution in [-0.2, 0) is 4.79 Å². The molecule has 110 valence electrons. The van der Waals surface area contributed by atoms with Crippen molar-refractivity contribution >= 4 is 27.7 Å². The highest BCUT2D eigenvalue weighted by Gasteiger charge is 2.15. The van der Waals surface area contributed by atoms with E-state index >= 15 is 0 Å². The summed E-state index contributed by atoms with van der Waals surface area (Å²) < 4.78 is 10.9. The highest BCUT2D eigenvalue weighted by Crippen LogP contribution is 2.35. The minimum Gasteiger partial charge on any atom is -0.495 e. The fraction of sp³-hybridized carbons (Fsp3) is 0.385. The van der Waals surface area contributed by atoms with E-state index in [1.54, 1.807) is 12.1 Å². The number of hydrogen-bond donors (Lipinski definition) is 2. The average molecular weight is 345 g/mol. The molecule has 0 heterocycles. The second kappa shape index (κ2) is 7.74. The van der Waals surface area contributed by atoms with E-state index in [1.165, 1.54) is 14.2 Å². The SMILES string of the molecule is CCNC(=O)CNC(=O)c1cc(OC)c(Br)c(OC)c1. The maximum Gasteiger partial charge on any atom is 0.251 e. The van der Waals surface area contributed by atoms with Crippen LogP contribution in [0.4, 0.5) is 0 Å². The lowest BCUT2D eigenvalue weighted by Crippen LogP contribution is -2.36. The number of ether oxygens (including phenoxy) is 2. The van der Waals surface area contributed by atoms with Gasteiger partial charge in [0.1, 0.15) is 16.0 Å². The van der Waals surface area contributed by atoms with Gasteiger partial charge in [-0.1, -0.05) is 0 Å². The van der Waals surface area contributed by atoms with E-state index in [0.29, 0.717) is 28.1 Å². The third kappa shape index (κ3) is 4.12. The minimum absolute atomic E-state index is 0.0760. The topological polar surface area (TPSA) is 76.7 Å². The number of hydrogen-bond acceptors (Lipinski definition) is 4. The van der Waals surface area contributed by atoms with Crippen molar-refractivity contribution in [1.29, 1.82) is 0 Å². The van der Waals surface area contributed by atoms with Crippen LogP contribution in [-0.4, -0.2) is 39.1 Å². The second-order valence-corrected chi connectivity index (χ2v) is 4.62. The summed E-state index contributed by atoms with van der Waals surface area (Å²) >= 11 is 3.32. The van der Waals surface area contributed by atoms with Gasteiger partial charge in [0, 0.05) is 12.1 Å². The number of carbonyl (C=O) groups is 2. The van der Waals surface area contributed by atoms with Crippen LogP contribution in [0.3, 0.4) is 0 Å². The first-order valence-electron chi connectivity index (χ1n) is 5.99. The predicted octanol–water partition coefficient (Wildman–Crippen LogP) is 1.33. The first-order chi connectivity index (χ1) is 9.53. The Morgan fingerprint density at radius 3 is 2.15 bits per heavy atom. The monoisotopic (exact) mass is 344 g/mol. The number of methoxy groups -OCH3 is 2. The molecule has 0 bridgehead atoms. The van der Waals surface area contributed by atoms with E-state index in [2.05, 4.69) is 26.6 Å². The van der Waals surface area contributed by atoms with Crippen molar-refractivity contribution in [3.8, 4) is 11.5 Å². The fourth-order valence-corrected chi connectivity index (χ4v) is 2.08. The van der Waals surface area contributed by atoms with Crippen molar-refractivity contribution in [2.45, 2.75) is 6.92 Å². The Morgan fingerprint density at radius 1 is 1.15 bits per heavy atom. The molecule has 1 rings (SSSR count). The molecule has 0 aliphatic carbocycles. The van der Waals surface area contributed by atoms with Crippen LogP contribution < -0.4 is 20.1 Å². The summed E-state index contributed by atoms with van der Waals surface area (Å²) in [6, 6.07) is 3.14. The summed E-state index contributed by atoms with van der Waals surface area (Å²) in [7, 11) is 2.99. The minimum atomic E-state index is -0.375. The van der Waals surface area contributed by atoms with Crippen molar-refractivity contribution in [3.05, 3.63) is 22.2 Å². The van der Waals surface area contributed by atoms with Crippen LogP contribution in [0, 0.1) is 0 Å². The lowest BCUT2D eigenvalue weighted by molar-refractivity contribution is -0.120. The molecule has 0 radical (unpaired) electrons. The van der Waals surface area contributed by atoms with E-state index in [1.807, 2.05) is 6.92 Å². The van der Waals surface area contributed by atoms with Crippen LogP contribution in [0.25, 0.3) is 0 Å². The zero-order valence-corrected chi connectivity index (χ0v) is 13.2. The first kappa shape index (κ1) is 16.3. The van der Waals surface area contributed by atoms with Gasteiger partial charge >= 0.3 is 0 Å². The van der Waals surface area contributed by atoms with Gasteiger partial charge in [-0.25, -0.2) is 0 Å². The Labute approximate surface area is 126 Å².